The number of hydrogen-bond acceptors (Lipinski definition) is 6. The van der Waals surface area contributed by atoms with Gasteiger partial charge in [-0.3, -0.25) is 9.69 Å². The molecular formula is C12H12N4O3S. The molecule has 1 aromatic heterocycles. The molecule has 1 fully saturated rings. The number of carboxylic acid groups (broad SMARTS) is 1. The van der Waals surface area contributed by atoms with Gasteiger partial charge in [0.2, 0.25) is 5.91 Å². The Bertz CT molecular complexity index is 623. The third kappa shape index (κ3) is 1.93. The molecule has 20 heavy (non-hydrogen) atoms. The molecule has 2 atom stereocenters. The summed E-state index contributed by atoms with van der Waals surface area (Å²) >= 11 is 1.36. The number of carboxylic acids is 1. The van der Waals surface area contributed by atoms with Crippen LogP contribution < -0.4 is 5.73 Å². The minimum Gasteiger partial charge on any atom is -0.477 e. The molecule has 3 rings (SSSR count). The zero-order chi connectivity index (χ0) is 14.3. The van der Waals surface area contributed by atoms with Crippen LogP contribution in [0.4, 0.5) is 0 Å². The molecule has 3 heterocycles. The second-order valence-electron chi connectivity index (χ2n) is 4.63. The van der Waals surface area contributed by atoms with E-state index in [9.17, 15) is 14.7 Å². The summed E-state index contributed by atoms with van der Waals surface area (Å²) in [4.78, 5) is 24.5. The Balaban J connectivity index is 1.94. The number of aromatic nitrogens is 2. The Morgan fingerprint density at radius 2 is 2.35 bits per heavy atom. The molecule has 8 heteroatoms. The Morgan fingerprint density at radius 1 is 1.55 bits per heavy atom. The first-order chi connectivity index (χ1) is 9.59. The number of nitrogens with zero attached hydrogens (tertiary/aromatic N) is 3. The molecule has 2 aliphatic heterocycles. The highest BCUT2D eigenvalue weighted by Gasteiger charge is 2.50. The van der Waals surface area contributed by atoms with E-state index in [-0.39, 0.29) is 17.6 Å². The lowest BCUT2D eigenvalue weighted by Crippen LogP contribution is -2.69. The lowest BCUT2D eigenvalue weighted by molar-refractivity contribution is -0.152. The summed E-state index contributed by atoms with van der Waals surface area (Å²) in [6, 6.07) is -0.759. The quantitative estimate of drug-likeness (QED) is 0.771. The third-order valence-electron chi connectivity index (χ3n) is 3.53. The van der Waals surface area contributed by atoms with Gasteiger partial charge in [-0.05, 0) is 24.5 Å². The summed E-state index contributed by atoms with van der Waals surface area (Å²) in [5, 5.41) is 17.6. The van der Waals surface area contributed by atoms with E-state index in [1.54, 1.807) is 17.7 Å². The van der Waals surface area contributed by atoms with Crippen molar-refractivity contribution < 1.29 is 14.7 Å². The van der Waals surface area contributed by atoms with Gasteiger partial charge in [0.1, 0.15) is 22.3 Å². The highest BCUT2D eigenvalue weighted by atomic mass is 32.1. The lowest BCUT2D eigenvalue weighted by atomic mass is 9.84. The van der Waals surface area contributed by atoms with Gasteiger partial charge in [0, 0.05) is 0 Å². The highest BCUT2D eigenvalue weighted by Crippen LogP contribution is 2.36. The van der Waals surface area contributed by atoms with Gasteiger partial charge in [-0.15, -0.1) is 21.5 Å². The molecule has 7 nitrogen and oxygen atoms in total. The highest BCUT2D eigenvalue weighted by molar-refractivity contribution is 7.10. The van der Waals surface area contributed by atoms with Crippen molar-refractivity contribution >= 4 is 29.3 Å². The Kier molecular flexibility index (Phi) is 3.11. The fraction of sp³-hybridized carbons (Fsp3) is 0.333. The number of amides is 1. The monoisotopic (exact) mass is 292 g/mol. The first-order valence-electron chi connectivity index (χ1n) is 6.09. The summed E-state index contributed by atoms with van der Waals surface area (Å²) in [6.07, 6.45) is 4.66. The van der Waals surface area contributed by atoms with Crippen LogP contribution in [0.25, 0.3) is 6.08 Å². The van der Waals surface area contributed by atoms with Crippen LogP contribution in [-0.4, -0.2) is 44.2 Å². The van der Waals surface area contributed by atoms with E-state index in [4.69, 9.17) is 5.73 Å². The number of carbonyl (C=O) groups excluding carboxylic acids is 1. The molecule has 0 saturated carbocycles. The van der Waals surface area contributed by atoms with Crippen LogP contribution in [0.3, 0.4) is 0 Å². The summed E-state index contributed by atoms with van der Waals surface area (Å²) in [5.41, 5.74) is 7.94. The van der Waals surface area contributed by atoms with Gasteiger partial charge < -0.3 is 10.8 Å². The Morgan fingerprint density at radius 3 is 3.00 bits per heavy atom. The van der Waals surface area contributed by atoms with E-state index in [1.807, 2.05) is 0 Å². The van der Waals surface area contributed by atoms with E-state index in [0.29, 0.717) is 23.4 Å². The Hall–Kier alpha value is -2.06. The SMILES string of the molecule is N[C@@H]1C(=O)N2C(C(=O)O)=C(/C=C\c3nncs3)CCC12. The van der Waals surface area contributed by atoms with Crippen LogP contribution in [0.15, 0.2) is 22.9 Å². The standard InChI is InChI=1S/C12H12N4O3S/c13-9-7-3-1-6(2-4-8-15-14-5-20-8)10(12(18)19)16(7)11(9)17/h2,4-5,7,9H,1,3,13H2,(H,18,19)/b4-2-/t7?,9-/m0/s1. The predicted molar refractivity (Wildman–Crippen MR) is 71.4 cm³/mol. The second-order valence-corrected chi connectivity index (χ2v) is 5.49. The summed E-state index contributed by atoms with van der Waals surface area (Å²) in [7, 11) is 0. The fourth-order valence-electron chi connectivity index (χ4n) is 2.56. The van der Waals surface area contributed by atoms with Crippen molar-refractivity contribution in [2.75, 3.05) is 0 Å². The van der Waals surface area contributed by atoms with Crippen molar-refractivity contribution in [2.45, 2.75) is 24.9 Å². The molecule has 0 aromatic carbocycles. The van der Waals surface area contributed by atoms with Crippen LogP contribution in [0, 0.1) is 0 Å². The summed E-state index contributed by atoms with van der Waals surface area (Å²) in [6.45, 7) is 0. The van der Waals surface area contributed by atoms with Gasteiger partial charge in [-0.1, -0.05) is 6.08 Å². The van der Waals surface area contributed by atoms with E-state index >= 15 is 0 Å². The van der Waals surface area contributed by atoms with Crippen LogP contribution in [0.5, 0.6) is 0 Å². The normalized spacial score (nSPS) is 25.9. The first-order valence-corrected chi connectivity index (χ1v) is 6.97. The average Bonchev–Trinajstić information content (AvgIpc) is 2.96. The van der Waals surface area contributed by atoms with Crippen molar-refractivity contribution in [3.63, 3.8) is 0 Å². The number of allylic oxidation sites excluding steroid dienone is 2. The minimum absolute atomic E-state index is 0.0358. The number of carbonyl (C=O) groups is 2. The zero-order valence-electron chi connectivity index (χ0n) is 10.4. The smallest absolute Gasteiger partial charge is 0.352 e. The maximum atomic E-state index is 11.7. The molecule has 0 radical (unpaired) electrons. The largest absolute Gasteiger partial charge is 0.477 e. The minimum atomic E-state index is -1.10. The molecule has 1 amide bonds. The Labute approximate surface area is 118 Å². The van der Waals surface area contributed by atoms with Gasteiger partial charge in [-0.2, -0.15) is 0 Å². The van der Waals surface area contributed by atoms with Gasteiger partial charge in [0.25, 0.3) is 0 Å². The molecule has 1 unspecified atom stereocenters. The van der Waals surface area contributed by atoms with Gasteiger partial charge in [-0.25, -0.2) is 4.79 Å². The topological polar surface area (TPSA) is 109 Å². The van der Waals surface area contributed by atoms with Gasteiger partial charge >= 0.3 is 5.97 Å². The molecule has 104 valence electrons. The van der Waals surface area contributed by atoms with Crippen molar-refractivity contribution in [1.29, 1.82) is 0 Å². The molecule has 1 saturated heterocycles. The lowest BCUT2D eigenvalue weighted by Gasteiger charge is -2.48. The number of hydrogen-bond donors (Lipinski definition) is 2. The molecule has 1 aromatic rings. The molecule has 0 bridgehead atoms. The number of aliphatic carboxylic acids is 1. The molecule has 3 N–H and O–H groups in total. The van der Waals surface area contributed by atoms with E-state index < -0.39 is 12.0 Å². The van der Waals surface area contributed by atoms with Crippen molar-refractivity contribution in [3.8, 4) is 0 Å². The van der Waals surface area contributed by atoms with E-state index in [2.05, 4.69) is 10.2 Å². The number of β-lactam (4-membered cyclic amide) rings is 1. The van der Waals surface area contributed by atoms with Crippen molar-refractivity contribution in [2.24, 2.45) is 5.73 Å². The average molecular weight is 292 g/mol. The predicted octanol–water partition coefficient (Wildman–Crippen LogP) is 0.222. The number of rotatable bonds is 3. The van der Waals surface area contributed by atoms with Crippen LogP contribution >= 0.6 is 11.3 Å². The first kappa shape index (κ1) is 12.9. The van der Waals surface area contributed by atoms with Crippen molar-refractivity contribution in [1.82, 2.24) is 15.1 Å². The number of fused-ring (bicyclic) bond motifs is 1. The van der Waals surface area contributed by atoms with E-state index in [0.717, 1.165) is 0 Å². The van der Waals surface area contributed by atoms with Crippen LogP contribution in [0.2, 0.25) is 0 Å². The fourth-order valence-corrected chi connectivity index (χ4v) is 3.00. The third-order valence-corrected chi connectivity index (χ3v) is 4.19. The summed E-state index contributed by atoms with van der Waals surface area (Å²) in [5.74, 6) is -1.43. The van der Waals surface area contributed by atoms with Gasteiger partial charge in [0.15, 0.2) is 0 Å². The molecule has 2 aliphatic rings. The molecule has 0 aliphatic carbocycles. The summed E-state index contributed by atoms with van der Waals surface area (Å²) < 4.78 is 0. The van der Waals surface area contributed by atoms with Crippen LogP contribution in [0.1, 0.15) is 17.8 Å². The maximum Gasteiger partial charge on any atom is 0.352 e. The molecule has 0 spiro atoms. The van der Waals surface area contributed by atoms with Crippen LogP contribution in [-0.2, 0) is 9.59 Å². The maximum absolute atomic E-state index is 11.7. The number of nitrogens with two attached hydrogens (primary N) is 1. The van der Waals surface area contributed by atoms with E-state index in [1.165, 1.54) is 16.2 Å². The zero-order valence-corrected chi connectivity index (χ0v) is 11.2. The second kappa shape index (κ2) is 4.80. The van der Waals surface area contributed by atoms with Gasteiger partial charge in [0.05, 0.1) is 6.04 Å². The van der Waals surface area contributed by atoms with Crippen molar-refractivity contribution in [3.05, 3.63) is 27.9 Å². The molecular weight excluding hydrogens is 280 g/mol.